The first-order valence-corrected chi connectivity index (χ1v) is 6.76. The van der Waals surface area contributed by atoms with Gasteiger partial charge in [-0.05, 0) is 30.5 Å². The van der Waals surface area contributed by atoms with E-state index in [1.54, 1.807) is 6.07 Å². The summed E-state index contributed by atoms with van der Waals surface area (Å²) in [5.41, 5.74) is 0.208. The van der Waals surface area contributed by atoms with E-state index in [1.807, 2.05) is 13.8 Å². The van der Waals surface area contributed by atoms with E-state index >= 15 is 0 Å². The van der Waals surface area contributed by atoms with E-state index in [1.165, 1.54) is 19.2 Å². The van der Waals surface area contributed by atoms with Gasteiger partial charge in [0.25, 0.3) is 5.91 Å². The van der Waals surface area contributed by atoms with Crippen molar-refractivity contribution in [3.8, 4) is 11.5 Å². The second-order valence-electron chi connectivity index (χ2n) is 4.68. The van der Waals surface area contributed by atoms with Crippen LogP contribution in [0.5, 0.6) is 11.5 Å². The molecule has 2 N–H and O–H groups in total. The summed E-state index contributed by atoms with van der Waals surface area (Å²) in [5, 5.41) is 12.6. The number of amides is 1. The zero-order valence-corrected chi connectivity index (χ0v) is 12.2. The number of benzene rings is 1. The summed E-state index contributed by atoms with van der Waals surface area (Å²) in [6.07, 6.45) is 0.690. The molecule has 1 unspecified atom stereocenters. The molecule has 1 atom stereocenters. The lowest BCUT2D eigenvalue weighted by molar-refractivity contribution is 0.0922. The van der Waals surface area contributed by atoms with Gasteiger partial charge in [0.05, 0.1) is 12.7 Å². The molecule has 0 heterocycles. The molecule has 1 amide bonds. The van der Waals surface area contributed by atoms with Gasteiger partial charge < -0.3 is 15.2 Å². The van der Waals surface area contributed by atoms with Crippen molar-refractivity contribution >= 4 is 17.5 Å². The molecule has 0 aliphatic heterocycles. The number of rotatable bonds is 6. The maximum absolute atomic E-state index is 12.2. The monoisotopic (exact) mass is 285 g/mol. The topological polar surface area (TPSA) is 58.6 Å². The van der Waals surface area contributed by atoms with Crippen LogP contribution in [0.4, 0.5) is 0 Å². The molecule has 1 aromatic carbocycles. The largest absolute Gasteiger partial charge is 0.507 e. The van der Waals surface area contributed by atoms with Crippen LogP contribution >= 0.6 is 11.6 Å². The van der Waals surface area contributed by atoms with Gasteiger partial charge in [-0.3, -0.25) is 4.79 Å². The van der Waals surface area contributed by atoms with Crippen LogP contribution in [0.3, 0.4) is 0 Å². The third-order valence-corrected chi connectivity index (χ3v) is 3.21. The number of alkyl halides is 1. The van der Waals surface area contributed by atoms with Crippen LogP contribution in [0.15, 0.2) is 18.2 Å². The fourth-order valence-corrected chi connectivity index (χ4v) is 1.99. The van der Waals surface area contributed by atoms with Gasteiger partial charge in [-0.15, -0.1) is 11.6 Å². The molecule has 106 valence electrons. The Morgan fingerprint density at radius 2 is 2.16 bits per heavy atom. The molecule has 19 heavy (non-hydrogen) atoms. The third kappa shape index (κ3) is 4.31. The zero-order chi connectivity index (χ0) is 14.4. The van der Waals surface area contributed by atoms with Crippen LogP contribution < -0.4 is 10.1 Å². The van der Waals surface area contributed by atoms with E-state index < -0.39 is 0 Å². The highest BCUT2D eigenvalue weighted by Crippen LogP contribution is 2.23. The van der Waals surface area contributed by atoms with Crippen LogP contribution in [-0.2, 0) is 0 Å². The van der Waals surface area contributed by atoms with Gasteiger partial charge in [-0.1, -0.05) is 13.8 Å². The van der Waals surface area contributed by atoms with E-state index in [2.05, 4.69) is 5.32 Å². The minimum atomic E-state index is -0.319. The normalized spacial score (nSPS) is 12.3. The molecule has 5 heteroatoms. The smallest absolute Gasteiger partial charge is 0.255 e. The Hall–Kier alpha value is -1.42. The van der Waals surface area contributed by atoms with E-state index in [0.717, 1.165) is 0 Å². The first-order valence-electron chi connectivity index (χ1n) is 6.23. The fraction of sp³-hybridized carbons (Fsp3) is 0.500. The number of nitrogens with one attached hydrogen (secondary N) is 1. The van der Waals surface area contributed by atoms with E-state index in [4.69, 9.17) is 16.3 Å². The Morgan fingerprint density at radius 3 is 2.68 bits per heavy atom. The number of aromatic hydroxyl groups is 1. The highest BCUT2D eigenvalue weighted by Gasteiger charge is 2.19. The van der Waals surface area contributed by atoms with Crippen LogP contribution in [-0.4, -0.2) is 30.0 Å². The zero-order valence-electron chi connectivity index (χ0n) is 11.4. The molecule has 4 nitrogen and oxygen atoms in total. The molecule has 0 radical (unpaired) electrons. The minimum absolute atomic E-state index is 0.0180. The van der Waals surface area contributed by atoms with E-state index in [-0.39, 0.29) is 29.2 Å². The Kier molecular flexibility index (Phi) is 5.96. The molecule has 0 bridgehead atoms. The number of halogens is 1. The standard InChI is InChI=1S/C14H20ClNO3/c1-9(2)12(6-7-15)16-14(18)11-8-10(19-3)4-5-13(11)17/h4-5,8-9,12,17H,6-7H2,1-3H3,(H,16,18). The summed E-state index contributed by atoms with van der Waals surface area (Å²) in [6.45, 7) is 4.03. The second-order valence-corrected chi connectivity index (χ2v) is 5.06. The maximum atomic E-state index is 12.2. The Bertz CT molecular complexity index is 435. The van der Waals surface area contributed by atoms with Crippen molar-refractivity contribution in [2.45, 2.75) is 26.3 Å². The molecular formula is C14H20ClNO3. The number of hydrogen-bond acceptors (Lipinski definition) is 3. The summed E-state index contributed by atoms with van der Waals surface area (Å²) >= 11 is 5.73. The Labute approximate surface area is 118 Å². The summed E-state index contributed by atoms with van der Waals surface area (Å²) in [6, 6.07) is 4.54. The SMILES string of the molecule is COc1ccc(O)c(C(=O)NC(CCCl)C(C)C)c1. The van der Waals surface area contributed by atoms with Crippen LogP contribution in [0, 0.1) is 5.92 Å². The van der Waals surface area contributed by atoms with E-state index in [0.29, 0.717) is 18.1 Å². The summed E-state index contributed by atoms with van der Waals surface area (Å²) in [4.78, 5) is 12.2. The Balaban J connectivity index is 2.87. The Morgan fingerprint density at radius 1 is 1.47 bits per heavy atom. The van der Waals surface area contributed by atoms with Crippen molar-refractivity contribution in [1.82, 2.24) is 5.32 Å². The van der Waals surface area contributed by atoms with Crippen molar-refractivity contribution in [2.24, 2.45) is 5.92 Å². The molecule has 0 fully saturated rings. The van der Waals surface area contributed by atoms with E-state index in [9.17, 15) is 9.90 Å². The third-order valence-electron chi connectivity index (χ3n) is 2.99. The maximum Gasteiger partial charge on any atom is 0.255 e. The van der Waals surface area contributed by atoms with Gasteiger partial charge >= 0.3 is 0 Å². The van der Waals surface area contributed by atoms with Crippen LogP contribution in [0.2, 0.25) is 0 Å². The highest BCUT2D eigenvalue weighted by atomic mass is 35.5. The molecule has 1 aromatic rings. The van der Waals surface area contributed by atoms with Gasteiger partial charge in [-0.25, -0.2) is 0 Å². The number of hydrogen-bond donors (Lipinski definition) is 2. The number of carbonyl (C=O) groups excluding carboxylic acids is 1. The molecule has 0 spiro atoms. The van der Waals surface area contributed by atoms with Crippen molar-refractivity contribution in [3.05, 3.63) is 23.8 Å². The average Bonchev–Trinajstić information content (AvgIpc) is 2.38. The summed E-state index contributed by atoms with van der Waals surface area (Å²) < 4.78 is 5.05. The average molecular weight is 286 g/mol. The van der Waals surface area contributed by atoms with Crippen molar-refractivity contribution < 1.29 is 14.6 Å². The predicted octanol–water partition coefficient (Wildman–Crippen LogP) is 2.78. The van der Waals surface area contributed by atoms with Crippen molar-refractivity contribution in [1.29, 1.82) is 0 Å². The number of methoxy groups -OCH3 is 1. The number of ether oxygens (including phenoxy) is 1. The lowest BCUT2D eigenvalue weighted by Crippen LogP contribution is -2.38. The summed E-state index contributed by atoms with van der Waals surface area (Å²) in [5.74, 6) is 0.900. The first kappa shape index (κ1) is 15.6. The molecule has 1 rings (SSSR count). The first-order chi connectivity index (χ1) is 8.99. The molecule has 0 saturated carbocycles. The molecule has 0 saturated heterocycles. The van der Waals surface area contributed by atoms with Gasteiger partial charge in [0.1, 0.15) is 11.5 Å². The van der Waals surface area contributed by atoms with Gasteiger partial charge in [0.15, 0.2) is 0 Å². The highest BCUT2D eigenvalue weighted by molar-refractivity contribution is 6.17. The lowest BCUT2D eigenvalue weighted by atomic mass is 10.0. The van der Waals surface area contributed by atoms with Gasteiger partial charge in [0.2, 0.25) is 0 Å². The number of phenolic OH excluding ortho intramolecular Hbond substituents is 1. The van der Waals surface area contributed by atoms with Crippen LogP contribution in [0.1, 0.15) is 30.6 Å². The fourth-order valence-electron chi connectivity index (χ4n) is 1.76. The number of phenols is 1. The van der Waals surface area contributed by atoms with Crippen LogP contribution in [0.25, 0.3) is 0 Å². The molecule has 0 aliphatic carbocycles. The molecular weight excluding hydrogens is 266 g/mol. The van der Waals surface area contributed by atoms with Gasteiger partial charge in [0, 0.05) is 11.9 Å². The van der Waals surface area contributed by atoms with Crippen molar-refractivity contribution in [2.75, 3.05) is 13.0 Å². The molecule has 0 aliphatic rings. The number of carbonyl (C=O) groups is 1. The minimum Gasteiger partial charge on any atom is -0.507 e. The predicted molar refractivity (Wildman–Crippen MR) is 76.1 cm³/mol. The van der Waals surface area contributed by atoms with Gasteiger partial charge in [-0.2, -0.15) is 0 Å². The second kappa shape index (κ2) is 7.24. The lowest BCUT2D eigenvalue weighted by Gasteiger charge is -2.21. The molecule has 0 aromatic heterocycles. The van der Waals surface area contributed by atoms with Crippen molar-refractivity contribution in [3.63, 3.8) is 0 Å². The quantitative estimate of drug-likeness (QED) is 0.790. The summed E-state index contributed by atoms with van der Waals surface area (Å²) in [7, 11) is 1.51.